The molecule has 0 bridgehead atoms. The van der Waals surface area contributed by atoms with Crippen molar-refractivity contribution in [3.8, 4) is 0 Å². The number of carbonyl (C=O) groups is 2. The lowest BCUT2D eigenvalue weighted by Crippen LogP contribution is -2.24. The van der Waals surface area contributed by atoms with Gasteiger partial charge in [0.25, 0.3) is 5.91 Å². The van der Waals surface area contributed by atoms with Crippen LogP contribution in [0.4, 0.5) is 11.5 Å². The molecule has 0 saturated carbocycles. The number of aryl methyl sites for hydroxylation is 1. The van der Waals surface area contributed by atoms with Gasteiger partial charge in [-0.3, -0.25) is 9.59 Å². The van der Waals surface area contributed by atoms with Gasteiger partial charge in [-0.05, 0) is 43.7 Å². The van der Waals surface area contributed by atoms with Gasteiger partial charge >= 0.3 is 0 Å². The number of anilines is 2. The van der Waals surface area contributed by atoms with E-state index in [1.54, 1.807) is 24.3 Å². The molecule has 2 aromatic carbocycles. The summed E-state index contributed by atoms with van der Waals surface area (Å²) in [7, 11) is 0. The second kappa shape index (κ2) is 8.23. The fourth-order valence-corrected chi connectivity index (χ4v) is 2.42. The van der Waals surface area contributed by atoms with E-state index in [-0.39, 0.29) is 17.4 Å². The molecule has 3 aromatic rings. The van der Waals surface area contributed by atoms with Crippen LogP contribution in [0.5, 0.6) is 0 Å². The SMILES string of the molecule is CC(=O)c1ccc(Nc2cnc(C(=O)NCc3ccc(C)cc3)cn2)cc1. The van der Waals surface area contributed by atoms with Crippen molar-refractivity contribution in [1.82, 2.24) is 15.3 Å². The predicted octanol–water partition coefficient (Wildman–Crippen LogP) is 3.66. The summed E-state index contributed by atoms with van der Waals surface area (Å²) in [5.74, 6) is 0.253. The van der Waals surface area contributed by atoms with Gasteiger partial charge in [0.05, 0.1) is 12.4 Å². The van der Waals surface area contributed by atoms with Crippen molar-refractivity contribution < 1.29 is 9.59 Å². The molecule has 1 amide bonds. The number of hydrogen-bond donors (Lipinski definition) is 2. The van der Waals surface area contributed by atoms with Crippen LogP contribution in [-0.2, 0) is 6.54 Å². The van der Waals surface area contributed by atoms with Crippen LogP contribution in [0.25, 0.3) is 0 Å². The molecule has 0 saturated heterocycles. The fraction of sp³-hybridized carbons (Fsp3) is 0.143. The van der Waals surface area contributed by atoms with E-state index in [0.717, 1.165) is 11.3 Å². The molecule has 2 N–H and O–H groups in total. The fourth-order valence-electron chi connectivity index (χ4n) is 2.42. The minimum atomic E-state index is -0.277. The average molecular weight is 360 g/mol. The maximum absolute atomic E-state index is 12.2. The van der Waals surface area contributed by atoms with Crippen molar-refractivity contribution in [2.75, 3.05) is 5.32 Å². The maximum Gasteiger partial charge on any atom is 0.271 e. The smallest absolute Gasteiger partial charge is 0.271 e. The van der Waals surface area contributed by atoms with Crippen LogP contribution in [-0.4, -0.2) is 21.7 Å². The Morgan fingerprint density at radius 3 is 2.22 bits per heavy atom. The minimum absolute atomic E-state index is 0.0161. The molecule has 0 atom stereocenters. The highest BCUT2D eigenvalue weighted by Gasteiger charge is 2.08. The van der Waals surface area contributed by atoms with Crippen molar-refractivity contribution in [1.29, 1.82) is 0 Å². The van der Waals surface area contributed by atoms with Gasteiger partial charge in [0.2, 0.25) is 0 Å². The summed E-state index contributed by atoms with van der Waals surface area (Å²) < 4.78 is 0. The van der Waals surface area contributed by atoms with Gasteiger partial charge < -0.3 is 10.6 Å². The van der Waals surface area contributed by atoms with Crippen molar-refractivity contribution in [2.45, 2.75) is 20.4 Å². The molecule has 1 aromatic heterocycles. The summed E-state index contributed by atoms with van der Waals surface area (Å²) in [5, 5.41) is 5.91. The van der Waals surface area contributed by atoms with Crippen LogP contribution in [0.15, 0.2) is 60.9 Å². The van der Waals surface area contributed by atoms with E-state index in [1.165, 1.54) is 24.9 Å². The molecular weight excluding hydrogens is 340 g/mol. The second-order valence-electron chi connectivity index (χ2n) is 6.21. The maximum atomic E-state index is 12.2. The quantitative estimate of drug-likeness (QED) is 0.656. The van der Waals surface area contributed by atoms with Gasteiger partial charge in [-0.2, -0.15) is 0 Å². The lowest BCUT2D eigenvalue weighted by molar-refractivity contribution is 0.0944. The summed E-state index contributed by atoms with van der Waals surface area (Å²) in [5.41, 5.74) is 3.88. The van der Waals surface area contributed by atoms with E-state index >= 15 is 0 Å². The van der Waals surface area contributed by atoms with E-state index in [1.807, 2.05) is 31.2 Å². The summed E-state index contributed by atoms with van der Waals surface area (Å²) in [6, 6.07) is 15.0. The Hall–Kier alpha value is -3.54. The molecule has 0 fully saturated rings. The van der Waals surface area contributed by atoms with Crippen molar-refractivity contribution in [2.24, 2.45) is 0 Å². The van der Waals surface area contributed by atoms with Crippen LogP contribution < -0.4 is 10.6 Å². The number of aromatic nitrogens is 2. The van der Waals surface area contributed by atoms with Gasteiger partial charge in [-0.1, -0.05) is 29.8 Å². The molecule has 6 nitrogen and oxygen atoms in total. The van der Waals surface area contributed by atoms with Crippen LogP contribution in [0.2, 0.25) is 0 Å². The molecule has 1 heterocycles. The molecule has 0 radical (unpaired) electrons. The van der Waals surface area contributed by atoms with Gasteiger partial charge in [0, 0.05) is 17.8 Å². The number of nitrogens with one attached hydrogen (secondary N) is 2. The molecule has 0 aliphatic carbocycles. The Morgan fingerprint density at radius 2 is 1.63 bits per heavy atom. The van der Waals surface area contributed by atoms with Crippen LogP contribution >= 0.6 is 0 Å². The molecule has 6 heteroatoms. The third-order valence-corrected chi connectivity index (χ3v) is 4.02. The number of ketones is 1. The first-order valence-corrected chi connectivity index (χ1v) is 8.55. The largest absolute Gasteiger partial charge is 0.347 e. The van der Waals surface area contributed by atoms with Crippen LogP contribution in [0.3, 0.4) is 0 Å². The third-order valence-electron chi connectivity index (χ3n) is 4.02. The van der Waals surface area contributed by atoms with Gasteiger partial charge in [0.1, 0.15) is 11.5 Å². The number of rotatable bonds is 6. The molecule has 27 heavy (non-hydrogen) atoms. The standard InChI is InChI=1S/C21H20N4O2/c1-14-3-5-16(6-4-14)11-24-21(27)19-12-23-20(13-22-19)25-18-9-7-17(8-10-18)15(2)26/h3-10,12-13H,11H2,1-2H3,(H,23,25)(H,24,27). The molecule has 0 aliphatic rings. The zero-order chi connectivity index (χ0) is 19.2. The molecular formula is C21H20N4O2. The van der Waals surface area contributed by atoms with Gasteiger partial charge in [-0.15, -0.1) is 0 Å². The Kier molecular flexibility index (Phi) is 5.56. The average Bonchev–Trinajstić information content (AvgIpc) is 2.68. The number of benzene rings is 2. The topological polar surface area (TPSA) is 84.0 Å². The first-order chi connectivity index (χ1) is 13.0. The summed E-state index contributed by atoms with van der Waals surface area (Å²) >= 11 is 0. The van der Waals surface area contributed by atoms with E-state index in [9.17, 15) is 9.59 Å². The third kappa shape index (κ3) is 4.98. The molecule has 0 spiro atoms. The Morgan fingerprint density at radius 1 is 0.926 bits per heavy atom. The van der Waals surface area contributed by atoms with Crippen molar-refractivity contribution in [3.63, 3.8) is 0 Å². The van der Waals surface area contributed by atoms with E-state index in [2.05, 4.69) is 20.6 Å². The van der Waals surface area contributed by atoms with E-state index < -0.39 is 0 Å². The van der Waals surface area contributed by atoms with Crippen LogP contribution in [0, 0.1) is 6.92 Å². The molecule has 0 aliphatic heterocycles. The number of amides is 1. The molecule has 0 unspecified atom stereocenters. The molecule has 3 rings (SSSR count). The highest BCUT2D eigenvalue weighted by atomic mass is 16.1. The highest BCUT2D eigenvalue weighted by Crippen LogP contribution is 2.15. The van der Waals surface area contributed by atoms with Gasteiger partial charge in [-0.25, -0.2) is 9.97 Å². The zero-order valence-corrected chi connectivity index (χ0v) is 15.2. The Balaban J connectivity index is 1.58. The van der Waals surface area contributed by atoms with E-state index in [0.29, 0.717) is 17.9 Å². The Labute approximate surface area is 157 Å². The number of hydrogen-bond acceptors (Lipinski definition) is 5. The number of Topliss-reactive ketones (excluding diaryl/α,β-unsaturated/α-hetero) is 1. The number of carbonyl (C=O) groups excluding carboxylic acids is 2. The first kappa shape index (κ1) is 18.3. The summed E-state index contributed by atoms with van der Waals surface area (Å²) in [6.07, 6.45) is 2.93. The van der Waals surface area contributed by atoms with Crippen molar-refractivity contribution in [3.05, 3.63) is 83.3 Å². The predicted molar refractivity (Wildman–Crippen MR) is 104 cm³/mol. The van der Waals surface area contributed by atoms with Crippen LogP contribution in [0.1, 0.15) is 38.9 Å². The summed E-state index contributed by atoms with van der Waals surface area (Å²) in [4.78, 5) is 31.9. The number of nitrogens with zero attached hydrogens (tertiary/aromatic N) is 2. The lowest BCUT2D eigenvalue weighted by Gasteiger charge is -2.07. The second-order valence-corrected chi connectivity index (χ2v) is 6.21. The van der Waals surface area contributed by atoms with Gasteiger partial charge in [0.15, 0.2) is 5.78 Å². The molecule has 136 valence electrons. The summed E-state index contributed by atoms with van der Waals surface area (Å²) in [6.45, 7) is 3.98. The minimum Gasteiger partial charge on any atom is -0.347 e. The highest BCUT2D eigenvalue weighted by molar-refractivity contribution is 5.94. The first-order valence-electron chi connectivity index (χ1n) is 8.55. The monoisotopic (exact) mass is 360 g/mol. The van der Waals surface area contributed by atoms with Crippen molar-refractivity contribution >= 4 is 23.2 Å². The van der Waals surface area contributed by atoms with E-state index in [4.69, 9.17) is 0 Å². The zero-order valence-electron chi connectivity index (χ0n) is 15.2. The normalized spacial score (nSPS) is 10.3. The Bertz CT molecular complexity index is 933. The lowest BCUT2D eigenvalue weighted by atomic mass is 10.1.